The molecule has 2 aromatic rings. The maximum absolute atomic E-state index is 13.8. The Bertz CT molecular complexity index is 737. The third-order valence-electron chi connectivity index (χ3n) is 3.19. The second kappa shape index (κ2) is 5.91. The van der Waals surface area contributed by atoms with E-state index in [1.165, 1.54) is 29.0 Å². The lowest BCUT2D eigenvalue weighted by molar-refractivity contribution is 0.0330. The lowest BCUT2D eigenvalue weighted by atomic mass is 10.1. The molecular formula is C16H16FNO3. The van der Waals surface area contributed by atoms with E-state index in [0.29, 0.717) is 5.56 Å². The molecule has 0 bridgehead atoms. The fourth-order valence-corrected chi connectivity index (χ4v) is 1.98. The van der Waals surface area contributed by atoms with Gasteiger partial charge in [-0.1, -0.05) is 11.6 Å². The van der Waals surface area contributed by atoms with Gasteiger partial charge in [-0.25, -0.2) is 9.18 Å². The molecule has 0 N–H and O–H groups in total. The van der Waals surface area contributed by atoms with Crippen molar-refractivity contribution >= 4 is 5.97 Å². The van der Waals surface area contributed by atoms with Gasteiger partial charge in [0.25, 0.3) is 0 Å². The van der Waals surface area contributed by atoms with Gasteiger partial charge in [0.05, 0.1) is 5.56 Å². The highest BCUT2D eigenvalue weighted by molar-refractivity contribution is 5.89. The number of hydrogen-bond acceptors (Lipinski definition) is 3. The van der Waals surface area contributed by atoms with Crippen LogP contribution in [0.15, 0.2) is 41.3 Å². The molecule has 0 radical (unpaired) electrons. The zero-order valence-corrected chi connectivity index (χ0v) is 12.1. The predicted octanol–water partition coefficient (Wildman–Crippen LogP) is 2.75. The molecule has 1 atom stereocenters. The maximum atomic E-state index is 13.8. The van der Waals surface area contributed by atoms with E-state index in [1.807, 2.05) is 6.92 Å². The van der Waals surface area contributed by atoms with Gasteiger partial charge in [-0.15, -0.1) is 0 Å². The summed E-state index contributed by atoms with van der Waals surface area (Å²) in [4.78, 5) is 23.3. The first-order chi connectivity index (χ1) is 9.88. The lowest BCUT2D eigenvalue weighted by Crippen LogP contribution is -2.18. The highest BCUT2D eigenvalue weighted by Gasteiger charge is 2.17. The van der Waals surface area contributed by atoms with Gasteiger partial charge in [-0.2, -0.15) is 0 Å². The molecule has 0 saturated heterocycles. The van der Waals surface area contributed by atoms with Gasteiger partial charge in [0.1, 0.15) is 11.9 Å². The number of benzene rings is 1. The Morgan fingerprint density at radius 2 is 2.00 bits per heavy atom. The molecule has 1 heterocycles. The van der Waals surface area contributed by atoms with Crippen LogP contribution < -0.4 is 5.56 Å². The first-order valence-corrected chi connectivity index (χ1v) is 6.52. The maximum Gasteiger partial charge on any atom is 0.340 e. The monoisotopic (exact) mass is 289 g/mol. The smallest absolute Gasteiger partial charge is 0.340 e. The highest BCUT2D eigenvalue weighted by Crippen LogP contribution is 2.22. The summed E-state index contributed by atoms with van der Waals surface area (Å²) < 4.78 is 20.3. The summed E-state index contributed by atoms with van der Waals surface area (Å²) >= 11 is 0. The number of carbonyl (C=O) groups is 1. The quantitative estimate of drug-likeness (QED) is 0.816. The largest absolute Gasteiger partial charge is 0.454 e. The third-order valence-corrected chi connectivity index (χ3v) is 3.19. The molecule has 0 saturated carbocycles. The van der Waals surface area contributed by atoms with Gasteiger partial charge in [-0.05, 0) is 32.0 Å². The summed E-state index contributed by atoms with van der Waals surface area (Å²) in [6.07, 6.45) is 0.680. The first-order valence-electron chi connectivity index (χ1n) is 6.52. The molecule has 1 aromatic heterocycles. The zero-order valence-electron chi connectivity index (χ0n) is 12.1. The Morgan fingerprint density at radius 1 is 1.29 bits per heavy atom. The van der Waals surface area contributed by atoms with Crippen LogP contribution in [0.4, 0.5) is 4.39 Å². The van der Waals surface area contributed by atoms with E-state index in [1.54, 1.807) is 26.1 Å². The molecule has 5 heteroatoms. The van der Waals surface area contributed by atoms with E-state index >= 15 is 0 Å². The fraction of sp³-hybridized carbons (Fsp3) is 0.250. The highest BCUT2D eigenvalue weighted by atomic mass is 19.1. The van der Waals surface area contributed by atoms with Crippen molar-refractivity contribution in [2.75, 3.05) is 0 Å². The van der Waals surface area contributed by atoms with Crippen LogP contribution in [0.2, 0.25) is 0 Å². The van der Waals surface area contributed by atoms with Crippen molar-refractivity contribution in [3.05, 3.63) is 69.4 Å². The minimum atomic E-state index is -0.713. The average Bonchev–Trinajstić information content (AvgIpc) is 2.44. The Kier molecular flexibility index (Phi) is 4.21. The Hall–Kier alpha value is -2.43. The number of esters is 1. The van der Waals surface area contributed by atoms with Gasteiger partial charge < -0.3 is 9.30 Å². The molecule has 1 unspecified atom stereocenters. The predicted molar refractivity (Wildman–Crippen MR) is 76.7 cm³/mol. The van der Waals surface area contributed by atoms with Crippen LogP contribution in [-0.4, -0.2) is 10.5 Å². The van der Waals surface area contributed by atoms with Crippen molar-refractivity contribution in [3.63, 3.8) is 0 Å². The summed E-state index contributed by atoms with van der Waals surface area (Å²) in [5.74, 6) is -1.01. The van der Waals surface area contributed by atoms with Gasteiger partial charge in [0, 0.05) is 24.9 Å². The number of nitrogens with zero attached hydrogens (tertiary/aromatic N) is 1. The summed E-state index contributed by atoms with van der Waals surface area (Å²) in [5, 5.41) is 0. The molecular weight excluding hydrogens is 273 g/mol. The van der Waals surface area contributed by atoms with Crippen molar-refractivity contribution < 1.29 is 13.9 Å². The Labute approximate surface area is 121 Å². The van der Waals surface area contributed by atoms with E-state index in [9.17, 15) is 14.0 Å². The summed E-state index contributed by atoms with van der Waals surface area (Å²) in [7, 11) is 1.54. The topological polar surface area (TPSA) is 48.3 Å². The number of aryl methyl sites for hydroxylation is 2. The third kappa shape index (κ3) is 3.37. The fourth-order valence-electron chi connectivity index (χ4n) is 1.98. The molecule has 0 amide bonds. The molecule has 110 valence electrons. The second-order valence-corrected chi connectivity index (χ2v) is 4.94. The van der Waals surface area contributed by atoms with Crippen LogP contribution in [0.3, 0.4) is 0 Å². The average molecular weight is 289 g/mol. The van der Waals surface area contributed by atoms with E-state index in [0.717, 1.165) is 5.56 Å². The van der Waals surface area contributed by atoms with E-state index in [4.69, 9.17) is 4.74 Å². The van der Waals surface area contributed by atoms with Crippen molar-refractivity contribution in [2.45, 2.75) is 20.0 Å². The molecule has 0 spiro atoms. The molecule has 0 aliphatic heterocycles. The number of carbonyl (C=O) groups excluding carboxylic acids is 1. The van der Waals surface area contributed by atoms with Crippen LogP contribution in [0.25, 0.3) is 0 Å². The molecule has 21 heavy (non-hydrogen) atoms. The lowest BCUT2D eigenvalue weighted by Gasteiger charge is -2.15. The normalized spacial score (nSPS) is 12.0. The molecule has 0 fully saturated rings. The van der Waals surface area contributed by atoms with Crippen LogP contribution in [0.1, 0.15) is 34.5 Å². The van der Waals surface area contributed by atoms with Gasteiger partial charge >= 0.3 is 5.97 Å². The Morgan fingerprint density at radius 3 is 2.67 bits per heavy atom. The summed E-state index contributed by atoms with van der Waals surface area (Å²) in [6.45, 7) is 3.45. The molecule has 2 rings (SSSR count). The van der Waals surface area contributed by atoms with Crippen molar-refractivity contribution in [3.8, 4) is 0 Å². The van der Waals surface area contributed by atoms with E-state index < -0.39 is 17.9 Å². The number of halogens is 1. The standard InChI is InChI=1S/C16H16FNO3/c1-10-4-6-14(17)13(8-10)11(2)21-16(20)12-5-7-15(19)18(3)9-12/h4-9,11H,1-3H3. The Balaban J connectivity index is 2.20. The van der Waals surface area contributed by atoms with Crippen molar-refractivity contribution in [1.29, 1.82) is 0 Å². The second-order valence-electron chi connectivity index (χ2n) is 4.94. The van der Waals surface area contributed by atoms with E-state index in [2.05, 4.69) is 0 Å². The van der Waals surface area contributed by atoms with Gasteiger partial charge in [0.15, 0.2) is 0 Å². The molecule has 0 aliphatic rings. The molecule has 1 aromatic carbocycles. The number of ether oxygens (including phenoxy) is 1. The molecule has 4 nitrogen and oxygen atoms in total. The van der Waals surface area contributed by atoms with Gasteiger partial charge in [0.2, 0.25) is 5.56 Å². The zero-order chi connectivity index (χ0) is 15.6. The number of pyridine rings is 1. The van der Waals surface area contributed by atoms with Crippen LogP contribution in [0, 0.1) is 12.7 Å². The number of aromatic nitrogens is 1. The van der Waals surface area contributed by atoms with Gasteiger partial charge in [-0.3, -0.25) is 4.79 Å². The first kappa shape index (κ1) is 15.0. The summed E-state index contributed by atoms with van der Waals surface area (Å²) in [5.41, 5.74) is 1.24. The van der Waals surface area contributed by atoms with E-state index in [-0.39, 0.29) is 11.1 Å². The minimum absolute atomic E-state index is 0.218. The number of rotatable bonds is 3. The number of hydrogen-bond donors (Lipinski definition) is 0. The van der Waals surface area contributed by atoms with Crippen molar-refractivity contribution in [1.82, 2.24) is 4.57 Å². The van der Waals surface area contributed by atoms with Crippen molar-refractivity contribution in [2.24, 2.45) is 7.05 Å². The summed E-state index contributed by atoms with van der Waals surface area (Å²) in [6, 6.07) is 7.33. The minimum Gasteiger partial charge on any atom is -0.454 e. The molecule has 0 aliphatic carbocycles. The van der Waals surface area contributed by atoms with Crippen LogP contribution in [-0.2, 0) is 11.8 Å². The van der Waals surface area contributed by atoms with Crippen LogP contribution >= 0.6 is 0 Å². The van der Waals surface area contributed by atoms with Crippen LogP contribution in [0.5, 0.6) is 0 Å². The SMILES string of the molecule is Cc1ccc(F)c(C(C)OC(=O)c2ccc(=O)n(C)c2)c1.